The van der Waals surface area contributed by atoms with Crippen LogP contribution in [0.4, 0.5) is 18.9 Å². The highest BCUT2D eigenvalue weighted by atomic mass is 19.4. The molecule has 0 fully saturated rings. The molecule has 0 N–H and O–H groups in total. The van der Waals surface area contributed by atoms with Gasteiger partial charge in [-0.3, -0.25) is 0 Å². The molecule has 0 aliphatic carbocycles. The summed E-state index contributed by atoms with van der Waals surface area (Å²) in [4.78, 5) is 3.40. The van der Waals surface area contributed by atoms with Crippen LogP contribution in [0.15, 0.2) is 200 Å². The van der Waals surface area contributed by atoms with E-state index in [1.165, 1.54) is 45.5 Å². The Kier molecular flexibility index (Phi) is 12.9. The molecule has 2 heterocycles. The van der Waals surface area contributed by atoms with Crippen molar-refractivity contribution in [3.05, 3.63) is 267 Å². The summed E-state index contributed by atoms with van der Waals surface area (Å²) in [5.74, 6) is 0. The maximum atomic E-state index is 15.4. The quantitative estimate of drug-likeness (QED) is 0.140. The van der Waals surface area contributed by atoms with Crippen molar-refractivity contribution in [1.29, 1.82) is 5.26 Å². The second-order valence-corrected chi connectivity index (χ2v) is 22.8. The first-order valence-corrected chi connectivity index (χ1v) is 28.2. The molecule has 406 valence electrons. The van der Waals surface area contributed by atoms with Gasteiger partial charge in [-0.05, 0) is 206 Å². The predicted molar refractivity (Wildman–Crippen MR) is 342 cm³/mol. The molecule has 0 spiro atoms. The van der Waals surface area contributed by atoms with Crippen LogP contribution < -0.4 is 0 Å². The van der Waals surface area contributed by atoms with E-state index in [-0.39, 0.29) is 11.3 Å². The Morgan fingerprint density at radius 2 is 0.679 bits per heavy atom. The average molecular weight is 1100 g/mol. The Balaban J connectivity index is 1.13. The zero-order chi connectivity index (χ0) is 58.5. The number of rotatable bonds is 8. The fraction of sp³-hybridized carbons (Fsp3) is 0.117. The Hall–Kier alpha value is -10.2. The lowest BCUT2D eigenvalue weighted by Crippen LogP contribution is -2.07. The lowest BCUT2D eigenvalue weighted by molar-refractivity contribution is -0.137. The summed E-state index contributed by atoms with van der Waals surface area (Å²) >= 11 is 0. The number of halogens is 3. The van der Waals surface area contributed by atoms with Crippen LogP contribution >= 0.6 is 0 Å². The van der Waals surface area contributed by atoms with Crippen molar-refractivity contribution in [3.63, 3.8) is 0 Å². The summed E-state index contributed by atoms with van der Waals surface area (Å²) in [6.45, 7) is 24.6. The van der Waals surface area contributed by atoms with Crippen LogP contribution in [0.1, 0.15) is 55.6 Å². The van der Waals surface area contributed by atoms with E-state index in [0.29, 0.717) is 16.8 Å². The van der Waals surface area contributed by atoms with Crippen molar-refractivity contribution < 1.29 is 13.2 Å². The Morgan fingerprint density at radius 1 is 0.357 bits per heavy atom. The minimum Gasteiger partial charge on any atom is -0.309 e. The second kappa shape index (κ2) is 20.3. The van der Waals surface area contributed by atoms with E-state index in [2.05, 4.69) is 221 Å². The van der Waals surface area contributed by atoms with Gasteiger partial charge >= 0.3 is 6.18 Å². The highest BCUT2D eigenvalue weighted by molar-refractivity contribution is 6.14. The zero-order valence-electron chi connectivity index (χ0n) is 48.0. The number of hydrogen-bond acceptors (Lipinski definition) is 1. The van der Waals surface area contributed by atoms with Crippen LogP contribution in [-0.2, 0) is 6.18 Å². The van der Waals surface area contributed by atoms with Crippen LogP contribution in [0.5, 0.6) is 0 Å². The molecule has 0 radical (unpaired) electrons. The summed E-state index contributed by atoms with van der Waals surface area (Å²) in [6, 6.07) is 69.9. The summed E-state index contributed by atoms with van der Waals surface area (Å²) in [7, 11) is 0. The maximum absolute atomic E-state index is 15.4. The van der Waals surface area contributed by atoms with Gasteiger partial charge in [-0.2, -0.15) is 18.4 Å². The number of alkyl halides is 3. The molecule has 2 aromatic heterocycles. The molecule has 0 amide bonds. The third-order valence-corrected chi connectivity index (χ3v) is 16.9. The summed E-state index contributed by atoms with van der Waals surface area (Å²) < 4.78 is 50.5. The topological polar surface area (TPSA) is 38.0 Å². The highest BCUT2D eigenvalue weighted by Crippen LogP contribution is 2.47. The minimum atomic E-state index is -4.76. The van der Waals surface area contributed by atoms with Gasteiger partial charge in [0.1, 0.15) is 0 Å². The van der Waals surface area contributed by atoms with E-state index in [1.54, 1.807) is 6.07 Å². The summed E-state index contributed by atoms with van der Waals surface area (Å²) in [5, 5.41) is 14.8. The van der Waals surface area contributed by atoms with Crippen molar-refractivity contribution in [2.24, 2.45) is 0 Å². The standard InChI is InChI=1S/C77H57F3N4/c1-44-10-21-59(48(5)32-44)53-16-28-71-66(37-53)67-38-54(60-22-11-45(2)33-49(60)6)17-29-72(67)83(71)75-36-52(43-81)14-25-64(75)65-26-15-57(63-27-20-58(82-9)42-70(63)77(78,79)80)41-76(65)84-73-30-18-55(61-23-12-46(3)34-50(61)7)39-68(73)69-40-56(19-31-74(69)84)62-24-13-47(4)35-51(62)8/h10-42H,1-8H3. The number of benzene rings is 11. The molecule has 0 saturated heterocycles. The third-order valence-electron chi connectivity index (χ3n) is 16.9. The maximum Gasteiger partial charge on any atom is 0.415 e. The SMILES string of the molecule is [C-]#[N+]c1ccc(-c2ccc(-c3ccc(C#N)cc3-n3c4ccc(-c5ccc(C)cc5C)cc4c4cc(-c5ccc(C)cc5C)ccc43)c(-n3c4ccc(-c5ccc(C)cc5C)cc4c4cc(-c5ccc(C)cc5C)ccc43)c2)c(C(F)(F)F)c1. The van der Waals surface area contributed by atoms with Crippen molar-refractivity contribution >= 4 is 49.3 Å². The van der Waals surface area contributed by atoms with Crippen molar-refractivity contribution in [3.8, 4) is 84.2 Å². The van der Waals surface area contributed by atoms with Crippen molar-refractivity contribution in [1.82, 2.24) is 9.13 Å². The molecule has 0 unspecified atom stereocenters. The molecule has 0 aliphatic heterocycles. The highest BCUT2D eigenvalue weighted by Gasteiger charge is 2.34. The molecule has 13 aromatic rings. The van der Waals surface area contributed by atoms with Crippen LogP contribution in [0.25, 0.3) is 127 Å². The summed E-state index contributed by atoms with van der Waals surface area (Å²) in [5.41, 5.74) is 24.3. The monoisotopic (exact) mass is 1090 g/mol. The minimum absolute atomic E-state index is 0.0422. The number of nitriles is 1. The first-order valence-electron chi connectivity index (χ1n) is 28.2. The van der Waals surface area contributed by atoms with Gasteiger partial charge in [0.25, 0.3) is 0 Å². The molecular formula is C77H57F3N4. The lowest BCUT2D eigenvalue weighted by Gasteiger charge is -2.21. The first kappa shape index (κ1) is 53.1. The molecule has 11 aromatic carbocycles. The molecule has 0 bridgehead atoms. The molecule has 0 aliphatic rings. The smallest absolute Gasteiger partial charge is 0.309 e. The molecule has 0 atom stereocenters. The van der Waals surface area contributed by atoms with Gasteiger partial charge in [-0.15, -0.1) is 0 Å². The van der Waals surface area contributed by atoms with Gasteiger partial charge in [-0.1, -0.05) is 150 Å². The van der Waals surface area contributed by atoms with Gasteiger partial charge in [0.2, 0.25) is 0 Å². The number of nitrogens with zero attached hydrogens (tertiary/aromatic N) is 4. The number of fused-ring (bicyclic) bond motifs is 6. The van der Waals surface area contributed by atoms with E-state index >= 15 is 13.2 Å². The fourth-order valence-corrected chi connectivity index (χ4v) is 13.0. The predicted octanol–water partition coefficient (Wildman–Crippen LogP) is 21.8. The van der Waals surface area contributed by atoms with Gasteiger partial charge in [0.15, 0.2) is 5.69 Å². The van der Waals surface area contributed by atoms with E-state index in [0.717, 1.165) is 122 Å². The van der Waals surface area contributed by atoms with Gasteiger partial charge in [0.05, 0.1) is 57.2 Å². The molecule has 7 heteroatoms. The van der Waals surface area contributed by atoms with Crippen molar-refractivity contribution in [2.45, 2.75) is 61.6 Å². The first-order chi connectivity index (χ1) is 40.4. The van der Waals surface area contributed by atoms with E-state index in [4.69, 9.17) is 6.57 Å². The molecule has 13 rings (SSSR count). The van der Waals surface area contributed by atoms with E-state index < -0.39 is 11.7 Å². The molecule has 4 nitrogen and oxygen atoms in total. The van der Waals surface area contributed by atoms with Gasteiger partial charge in [-0.25, -0.2) is 4.85 Å². The van der Waals surface area contributed by atoms with Gasteiger partial charge < -0.3 is 9.13 Å². The Bertz CT molecular complexity index is 4790. The second-order valence-electron chi connectivity index (χ2n) is 22.8. The van der Waals surface area contributed by atoms with Crippen molar-refractivity contribution in [2.75, 3.05) is 0 Å². The molecule has 0 saturated carbocycles. The van der Waals surface area contributed by atoms with Crippen LogP contribution in [0.3, 0.4) is 0 Å². The number of aromatic nitrogens is 2. The zero-order valence-corrected chi connectivity index (χ0v) is 48.0. The van der Waals surface area contributed by atoms with E-state index in [9.17, 15) is 5.26 Å². The molecule has 84 heavy (non-hydrogen) atoms. The van der Waals surface area contributed by atoms with Crippen LogP contribution in [0, 0.1) is 73.3 Å². The largest absolute Gasteiger partial charge is 0.415 e. The number of hydrogen-bond donors (Lipinski definition) is 0. The Morgan fingerprint density at radius 3 is 1.02 bits per heavy atom. The van der Waals surface area contributed by atoms with Crippen LogP contribution in [0.2, 0.25) is 0 Å². The lowest BCUT2D eigenvalue weighted by atomic mass is 9.93. The normalized spacial score (nSPS) is 11.7. The number of aryl methyl sites for hydroxylation is 8. The third kappa shape index (κ3) is 9.10. The average Bonchev–Trinajstić information content (AvgIpc) is 1.71. The summed E-state index contributed by atoms with van der Waals surface area (Å²) in [6.07, 6.45) is -4.76. The van der Waals surface area contributed by atoms with E-state index in [1.807, 2.05) is 30.3 Å². The van der Waals surface area contributed by atoms with Gasteiger partial charge in [0, 0.05) is 32.7 Å². The molecular weight excluding hydrogens is 1040 g/mol. The Labute approximate surface area is 487 Å². The fourth-order valence-electron chi connectivity index (χ4n) is 13.0. The van der Waals surface area contributed by atoms with Crippen LogP contribution in [-0.4, -0.2) is 9.13 Å².